The molecule has 69 valence electrons. The van der Waals surface area contributed by atoms with Crippen molar-refractivity contribution in [3.63, 3.8) is 0 Å². The van der Waals surface area contributed by atoms with Crippen LogP contribution < -0.4 is 4.74 Å². The number of hydrogen-bond donors (Lipinski definition) is 2. The summed E-state index contributed by atoms with van der Waals surface area (Å²) in [7, 11) is 0. The van der Waals surface area contributed by atoms with Gasteiger partial charge >= 0.3 is 0 Å². The lowest BCUT2D eigenvalue weighted by Gasteiger charge is -2.05. The number of hydrogen-bond acceptors (Lipinski definition) is 3. The van der Waals surface area contributed by atoms with Gasteiger partial charge in [0, 0.05) is 12.1 Å². The van der Waals surface area contributed by atoms with Crippen molar-refractivity contribution in [1.29, 1.82) is 0 Å². The summed E-state index contributed by atoms with van der Waals surface area (Å²) in [6.07, 6.45) is 2.43. The molecule has 0 saturated heterocycles. The number of benzene rings is 1. The molecular weight excluding hydrogens is 168 g/mol. The number of ether oxygens (including phenoxy) is 1. The van der Waals surface area contributed by atoms with Gasteiger partial charge in [-0.25, -0.2) is 0 Å². The SMILES string of the molecule is Oc1[c]c(OCC2CC2)cc(O)c1. The third-order valence-corrected chi connectivity index (χ3v) is 1.99. The summed E-state index contributed by atoms with van der Waals surface area (Å²) in [6, 6.07) is 5.28. The predicted molar refractivity (Wildman–Crippen MR) is 46.8 cm³/mol. The summed E-state index contributed by atoms with van der Waals surface area (Å²) in [4.78, 5) is 0. The lowest BCUT2D eigenvalue weighted by molar-refractivity contribution is 0.295. The Kier molecular flexibility index (Phi) is 2.00. The zero-order valence-electron chi connectivity index (χ0n) is 7.16. The average molecular weight is 179 g/mol. The summed E-state index contributed by atoms with van der Waals surface area (Å²) in [6.45, 7) is 0.652. The molecule has 13 heavy (non-hydrogen) atoms. The van der Waals surface area contributed by atoms with Gasteiger partial charge in [0.15, 0.2) is 0 Å². The van der Waals surface area contributed by atoms with Crippen molar-refractivity contribution in [2.24, 2.45) is 5.92 Å². The molecule has 1 aromatic carbocycles. The number of aromatic hydroxyl groups is 2. The first-order valence-corrected chi connectivity index (χ1v) is 4.32. The molecule has 0 amide bonds. The maximum atomic E-state index is 9.11. The van der Waals surface area contributed by atoms with Crippen molar-refractivity contribution >= 4 is 0 Å². The Balaban J connectivity index is 2.01. The molecule has 0 atom stereocenters. The fourth-order valence-electron chi connectivity index (χ4n) is 1.08. The van der Waals surface area contributed by atoms with Gasteiger partial charge in [-0.05, 0) is 18.8 Å². The minimum Gasteiger partial charge on any atom is -0.508 e. The van der Waals surface area contributed by atoms with E-state index < -0.39 is 0 Å². The molecule has 3 nitrogen and oxygen atoms in total. The van der Waals surface area contributed by atoms with Gasteiger partial charge in [-0.15, -0.1) is 0 Å². The molecule has 2 rings (SSSR count). The van der Waals surface area contributed by atoms with Crippen molar-refractivity contribution in [2.75, 3.05) is 6.61 Å². The summed E-state index contributed by atoms with van der Waals surface area (Å²) in [5.41, 5.74) is 0. The number of phenolic OH excluding ortho intramolecular Hbond substituents is 2. The van der Waals surface area contributed by atoms with Gasteiger partial charge in [0.2, 0.25) is 0 Å². The number of rotatable bonds is 3. The maximum absolute atomic E-state index is 9.11. The molecule has 0 spiro atoms. The second kappa shape index (κ2) is 3.17. The summed E-state index contributed by atoms with van der Waals surface area (Å²) in [5.74, 6) is 0.968. The van der Waals surface area contributed by atoms with Gasteiger partial charge in [0.05, 0.1) is 12.7 Å². The van der Waals surface area contributed by atoms with Crippen LogP contribution in [0.5, 0.6) is 17.2 Å². The third kappa shape index (κ3) is 2.28. The van der Waals surface area contributed by atoms with Crippen LogP contribution in [0, 0.1) is 12.0 Å². The first-order chi connectivity index (χ1) is 6.24. The van der Waals surface area contributed by atoms with Crippen molar-refractivity contribution in [3.05, 3.63) is 18.2 Å². The van der Waals surface area contributed by atoms with E-state index in [1.165, 1.54) is 25.0 Å². The minimum absolute atomic E-state index is 0.00190. The van der Waals surface area contributed by atoms with E-state index in [4.69, 9.17) is 14.9 Å². The predicted octanol–water partition coefficient (Wildman–Crippen LogP) is 1.69. The highest BCUT2D eigenvalue weighted by Crippen LogP contribution is 2.31. The molecule has 1 saturated carbocycles. The Morgan fingerprint density at radius 3 is 2.77 bits per heavy atom. The summed E-state index contributed by atoms with van der Waals surface area (Å²) in [5, 5.41) is 18.2. The van der Waals surface area contributed by atoms with Crippen LogP contribution in [0.4, 0.5) is 0 Å². The molecule has 0 aliphatic heterocycles. The van der Waals surface area contributed by atoms with Crippen molar-refractivity contribution in [3.8, 4) is 17.2 Å². The molecular formula is C10H11O3. The molecule has 1 fully saturated rings. The fourth-order valence-corrected chi connectivity index (χ4v) is 1.08. The number of phenols is 2. The highest BCUT2D eigenvalue weighted by Gasteiger charge is 2.22. The van der Waals surface area contributed by atoms with Gasteiger partial charge in [0.25, 0.3) is 0 Å². The Labute approximate surface area is 76.6 Å². The molecule has 1 radical (unpaired) electrons. The monoisotopic (exact) mass is 179 g/mol. The fraction of sp³-hybridized carbons (Fsp3) is 0.400. The molecule has 1 aliphatic rings. The van der Waals surface area contributed by atoms with Crippen molar-refractivity contribution in [1.82, 2.24) is 0 Å². The second-order valence-corrected chi connectivity index (χ2v) is 3.34. The highest BCUT2D eigenvalue weighted by molar-refractivity contribution is 5.39. The molecule has 0 bridgehead atoms. The van der Waals surface area contributed by atoms with Crippen LogP contribution in [0.3, 0.4) is 0 Å². The van der Waals surface area contributed by atoms with Gasteiger partial charge in [-0.1, -0.05) is 0 Å². The second-order valence-electron chi connectivity index (χ2n) is 3.34. The van der Waals surface area contributed by atoms with Crippen LogP contribution >= 0.6 is 0 Å². The van der Waals surface area contributed by atoms with E-state index in [2.05, 4.69) is 6.07 Å². The normalized spacial score (nSPS) is 15.7. The summed E-state index contributed by atoms with van der Waals surface area (Å²) < 4.78 is 5.32. The average Bonchev–Trinajstić information content (AvgIpc) is 2.81. The zero-order chi connectivity index (χ0) is 9.26. The Morgan fingerprint density at radius 2 is 2.15 bits per heavy atom. The molecule has 3 heteroatoms. The van der Waals surface area contributed by atoms with E-state index in [0.717, 1.165) is 0 Å². The minimum atomic E-state index is -0.0919. The Bertz CT molecular complexity index is 285. The highest BCUT2D eigenvalue weighted by atomic mass is 16.5. The van der Waals surface area contributed by atoms with Crippen LogP contribution in [-0.2, 0) is 0 Å². The largest absolute Gasteiger partial charge is 0.508 e. The van der Waals surface area contributed by atoms with Gasteiger partial charge in [0.1, 0.15) is 17.2 Å². The van der Waals surface area contributed by atoms with E-state index in [-0.39, 0.29) is 11.5 Å². The standard InChI is InChI=1S/C10H11O3/c11-8-3-9(12)5-10(4-8)13-6-7-1-2-7/h3-4,7,11-12H,1-2,6H2. The third-order valence-electron chi connectivity index (χ3n) is 1.99. The van der Waals surface area contributed by atoms with Crippen LogP contribution in [0.2, 0.25) is 0 Å². The smallest absolute Gasteiger partial charge is 0.134 e. The van der Waals surface area contributed by atoms with Gasteiger partial charge in [-0.3, -0.25) is 0 Å². The molecule has 0 unspecified atom stereocenters. The first kappa shape index (κ1) is 8.23. The Morgan fingerprint density at radius 1 is 1.38 bits per heavy atom. The first-order valence-electron chi connectivity index (χ1n) is 4.32. The van der Waals surface area contributed by atoms with Crippen molar-refractivity contribution in [2.45, 2.75) is 12.8 Å². The van der Waals surface area contributed by atoms with E-state index in [9.17, 15) is 0 Å². The molecule has 0 aromatic heterocycles. The van der Waals surface area contributed by atoms with Crippen molar-refractivity contribution < 1.29 is 14.9 Å². The van der Waals surface area contributed by atoms with Gasteiger partial charge < -0.3 is 14.9 Å². The topological polar surface area (TPSA) is 49.7 Å². The van der Waals surface area contributed by atoms with E-state index in [1.807, 2.05) is 0 Å². The molecule has 2 N–H and O–H groups in total. The maximum Gasteiger partial charge on any atom is 0.134 e. The van der Waals surface area contributed by atoms with Crippen LogP contribution in [0.15, 0.2) is 12.1 Å². The van der Waals surface area contributed by atoms with Gasteiger partial charge in [-0.2, -0.15) is 0 Å². The molecule has 1 aliphatic carbocycles. The zero-order valence-corrected chi connectivity index (χ0v) is 7.16. The molecule has 1 aromatic rings. The van der Waals surface area contributed by atoms with Crippen LogP contribution in [0.25, 0.3) is 0 Å². The Hall–Kier alpha value is -1.38. The van der Waals surface area contributed by atoms with E-state index in [1.54, 1.807) is 0 Å². The lowest BCUT2D eigenvalue weighted by atomic mass is 10.3. The molecule has 0 heterocycles. The quantitative estimate of drug-likeness (QED) is 0.742. The van der Waals surface area contributed by atoms with Crippen LogP contribution in [0.1, 0.15) is 12.8 Å². The van der Waals surface area contributed by atoms with Crippen LogP contribution in [-0.4, -0.2) is 16.8 Å². The lowest BCUT2D eigenvalue weighted by Crippen LogP contribution is -1.98. The van der Waals surface area contributed by atoms with E-state index in [0.29, 0.717) is 18.3 Å². The summed E-state index contributed by atoms with van der Waals surface area (Å²) >= 11 is 0. The van der Waals surface area contributed by atoms with E-state index >= 15 is 0 Å².